The third-order valence-electron chi connectivity index (χ3n) is 3.18. The normalized spacial score (nSPS) is 11.0. The summed E-state index contributed by atoms with van der Waals surface area (Å²) >= 11 is 0. The van der Waals surface area contributed by atoms with Crippen LogP contribution in [0.5, 0.6) is 0 Å². The number of aryl methyl sites for hydroxylation is 1. The number of aliphatic carboxylic acids is 1. The Morgan fingerprint density at radius 3 is 2.67 bits per heavy atom. The zero-order chi connectivity index (χ0) is 15.2. The molecule has 112 valence electrons. The lowest BCUT2D eigenvalue weighted by Gasteiger charge is -2.17. The molecule has 1 aromatic carbocycles. The molecule has 0 aliphatic rings. The molecule has 0 unspecified atom stereocenters. The van der Waals surface area contributed by atoms with Crippen LogP contribution in [0.4, 0.5) is 0 Å². The quantitative estimate of drug-likeness (QED) is 0.848. The van der Waals surface area contributed by atoms with Crippen molar-refractivity contribution in [1.82, 2.24) is 10.1 Å². The first-order chi connectivity index (χ1) is 10.1. The molecule has 0 fully saturated rings. The largest absolute Gasteiger partial charge is 0.480 e. The molecule has 1 N–H and O–H groups in total. The average molecular weight is 288 g/mol. The third kappa shape index (κ3) is 4.43. The molecule has 1 heterocycles. The molecule has 0 saturated carbocycles. The smallest absolute Gasteiger partial charge is 0.317 e. The van der Waals surface area contributed by atoms with Crippen LogP contribution in [-0.4, -0.2) is 34.2 Å². The summed E-state index contributed by atoms with van der Waals surface area (Å²) in [5.74, 6) is -0.151. The number of benzene rings is 1. The predicted octanol–water partition coefficient (Wildman–Crippen LogP) is 2.95. The van der Waals surface area contributed by atoms with Gasteiger partial charge in [0.05, 0.1) is 13.1 Å². The standard InChI is InChI=1S/C16H20N2O3/c1-3-8-18(11-16(19)20)10-14-9-15(17-21-14)13-6-4-12(2)5-7-13/h4-7,9H,3,8,10-11H2,1-2H3,(H,19,20). The van der Waals surface area contributed by atoms with Crippen LogP contribution in [0.3, 0.4) is 0 Å². The molecule has 0 atom stereocenters. The number of aromatic nitrogens is 1. The van der Waals surface area contributed by atoms with E-state index in [1.54, 1.807) is 0 Å². The van der Waals surface area contributed by atoms with Gasteiger partial charge in [-0.1, -0.05) is 41.9 Å². The van der Waals surface area contributed by atoms with Gasteiger partial charge in [0.25, 0.3) is 0 Å². The summed E-state index contributed by atoms with van der Waals surface area (Å²) < 4.78 is 5.32. The van der Waals surface area contributed by atoms with Crippen molar-refractivity contribution in [3.63, 3.8) is 0 Å². The summed E-state index contributed by atoms with van der Waals surface area (Å²) in [4.78, 5) is 12.7. The fourth-order valence-electron chi connectivity index (χ4n) is 2.19. The first-order valence-corrected chi connectivity index (χ1v) is 7.05. The van der Waals surface area contributed by atoms with Gasteiger partial charge < -0.3 is 9.63 Å². The van der Waals surface area contributed by atoms with E-state index < -0.39 is 5.97 Å². The van der Waals surface area contributed by atoms with Crippen LogP contribution in [0.1, 0.15) is 24.7 Å². The topological polar surface area (TPSA) is 66.6 Å². The van der Waals surface area contributed by atoms with Crippen molar-refractivity contribution < 1.29 is 14.4 Å². The van der Waals surface area contributed by atoms with Gasteiger partial charge >= 0.3 is 5.97 Å². The Labute approximate surface area is 124 Å². The minimum atomic E-state index is -0.832. The van der Waals surface area contributed by atoms with Crippen molar-refractivity contribution in [2.24, 2.45) is 0 Å². The van der Waals surface area contributed by atoms with Crippen molar-refractivity contribution in [3.05, 3.63) is 41.7 Å². The van der Waals surface area contributed by atoms with Crippen molar-refractivity contribution >= 4 is 5.97 Å². The Morgan fingerprint density at radius 1 is 1.33 bits per heavy atom. The van der Waals surface area contributed by atoms with Crippen LogP contribution in [0.25, 0.3) is 11.3 Å². The first kappa shape index (κ1) is 15.3. The Hall–Kier alpha value is -2.14. The molecule has 21 heavy (non-hydrogen) atoms. The van der Waals surface area contributed by atoms with Gasteiger partial charge in [-0.3, -0.25) is 9.69 Å². The van der Waals surface area contributed by atoms with E-state index in [2.05, 4.69) is 5.16 Å². The summed E-state index contributed by atoms with van der Waals surface area (Å²) in [6.45, 7) is 5.24. The Bertz CT molecular complexity index is 590. The van der Waals surface area contributed by atoms with Crippen LogP contribution in [0.15, 0.2) is 34.9 Å². The summed E-state index contributed by atoms with van der Waals surface area (Å²) in [7, 11) is 0. The number of carboxylic acids is 1. The van der Waals surface area contributed by atoms with Gasteiger partial charge in [0, 0.05) is 11.6 Å². The van der Waals surface area contributed by atoms with Gasteiger partial charge in [-0.2, -0.15) is 0 Å². The lowest BCUT2D eigenvalue weighted by Crippen LogP contribution is -2.29. The average Bonchev–Trinajstić information content (AvgIpc) is 2.87. The van der Waals surface area contributed by atoms with Crippen LogP contribution in [-0.2, 0) is 11.3 Å². The third-order valence-corrected chi connectivity index (χ3v) is 3.18. The van der Waals surface area contributed by atoms with Crippen LogP contribution in [0.2, 0.25) is 0 Å². The molecule has 0 amide bonds. The molecule has 0 saturated heterocycles. The highest BCUT2D eigenvalue weighted by Gasteiger charge is 2.13. The molecule has 0 bridgehead atoms. The highest BCUT2D eigenvalue weighted by molar-refractivity contribution is 5.69. The molecule has 0 aliphatic heterocycles. The van der Waals surface area contributed by atoms with Crippen LogP contribution < -0.4 is 0 Å². The van der Waals surface area contributed by atoms with E-state index >= 15 is 0 Å². The van der Waals surface area contributed by atoms with E-state index in [1.807, 2.05) is 49.1 Å². The van der Waals surface area contributed by atoms with Crippen molar-refractivity contribution in [2.75, 3.05) is 13.1 Å². The highest BCUT2D eigenvalue weighted by Crippen LogP contribution is 2.20. The van der Waals surface area contributed by atoms with Gasteiger partial charge in [-0.15, -0.1) is 0 Å². The van der Waals surface area contributed by atoms with Crippen molar-refractivity contribution in [1.29, 1.82) is 0 Å². The summed E-state index contributed by atoms with van der Waals surface area (Å²) in [6.07, 6.45) is 0.895. The predicted molar refractivity (Wildman–Crippen MR) is 79.9 cm³/mol. The summed E-state index contributed by atoms with van der Waals surface area (Å²) in [5.41, 5.74) is 2.96. The summed E-state index contributed by atoms with van der Waals surface area (Å²) in [5, 5.41) is 13.0. The Balaban J connectivity index is 2.07. The number of hydrogen-bond acceptors (Lipinski definition) is 4. The molecular weight excluding hydrogens is 268 g/mol. The fraction of sp³-hybridized carbons (Fsp3) is 0.375. The number of hydrogen-bond donors (Lipinski definition) is 1. The van der Waals surface area contributed by atoms with Crippen LogP contribution >= 0.6 is 0 Å². The van der Waals surface area contributed by atoms with E-state index in [9.17, 15) is 4.79 Å². The molecule has 5 nitrogen and oxygen atoms in total. The van der Waals surface area contributed by atoms with Gasteiger partial charge in [-0.25, -0.2) is 0 Å². The lowest BCUT2D eigenvalue weighted by molar-refractivity contribution is -0.138. The zero-order valence-corrected chi connectivity index (χ0v) is 12.4. The Morgan fingerprint density at radius 2 is 2.05 bits per heavy atom. The van der Waals surface area contributed by atoms with Gasteiger partial charge in [0.1, 0.15) is 5.69 Å². The van der Waals surface area contributed by atoms with E-state index in [0.717, 1.165) is 17.7 Å². The lowest BCUT2D eigenvalue weighted by atomic mass is 10.1. The van der Waals surface area contributed by atoms with E-state index in [-0.39, 0.29) is 6.54 Å². The molecule has 2 aromatic rings. The zero-order valence-electron chi connectivity index (χ0n) is 12.4. The van der Waals surface area contributed by atoms with Gasteiger partial charge in [-0.05, 0) is 19.9 Å². The molecular formula is C16H20N2O3. The number of nitrogens with zero attached hydrogens (tertiary/aromatic N) is 2. The molecule has 5 heteroatoms. The van der Waals surface area contributed by atoms with E-state index in [1.165, 1.54) is 5.56 Å². The monoisotopic (exact) mass is 288 g/mol. The molecule has 0 radical (unpaired) electrons. The van der Waals surface area contributed by atoms with E-state index in [4.69, 9.17) is 9.63 Å². The first-order valence-electron chi connectivity index (χ1n) is 7.05. The molecule has 0 spiro atoms. The minimum Gasteiger partial charge on any atom is -0.480 e. The summed E-state index contributed by atoms with van der Waals surface area (Å²) in [6, 6.07) is 9.92. The van der Waals surface area contributed by atoms with Gasteiger partial charge in [0.2, 0.25) is 0 Å². The number of carboxylic acid groups (broad SMARTS) is 1. The second-order valence-corrected chi connectivity index (χ2v) is 5.15. The number of rotatable bonds is 7. The maximum Gasteiger partial charge on any atom is 0.317 e. The molecule has 0 aliphatic carbocycles. The van der Waals surface area contributed by atoms with E-state index in [0.29, 0.717) is 18.8 Å². The maximum atomic E-state index is 10.8. The molecule has 1 aromatic heterocycles. The van der Waals surface area contributed by atoms with Gasteiger partial charge in [0.15, 0.2) is 5.76 Å². The second kappa shape index (κ2) is 7.04. The second-order valence-electron chi connectivity index (χ2n) is 5.15. The maximum absolute atomic E-state index is 10.8. The SMILES string of the molecule is CCCN(CC(=O)O)Cc1cc(-c2ccc(C)cc2)no1. The fourth-order valence-corrected chi connectivity index (χ4v) is 2.19. The van der Waals surface area contributed by atoms with Crippen molar-refractivity contribution in [2.45, 2.75) is 26.8 Å². The highest BCUT2D eigenvalue weighted by atomic mass is 16.5. The minimum absolute atomic E-state index is 0.00834. The Kier molecular flexibility index (Phi) is 5.11. The molecule has 2 rings (SSSR count). The van der Waals surface area contributed by atoms with Crippen LogP contribution in [0, 0.1) is 6.92 Å². The number of carbonyl (C=O) groups is 1. The van der Waals surface area contributed by atoms with Crippen molar-refractivity contribution in [3.8, 4) is 11.3 Å².